The van der Waals surface area contributed by atoms with Crippen LogP contribution in [0.25, 0.3) is 22.4 Å². The fourth-order valence-electron chi connectivity index (χ4n) is 5.09. The Morgan fingerprint density at radius 1 is 1.09 bits per heavy atom. The summed E-state index contributed by atoms with van der Waals surface area (Å²) in [6.45, 7) is 3.12. The Morgan fingerprint density at radius 3 is 2.46 bits per heavy atom. The van der Waals surface area contributed by atoms with E-state index in [1.807, 2.05) is 36.4 Å². The van der Waals surface area contributed by atoms with Crippen molar-refractivity contribution in [2.75, 3.05) is 20.3 Å². The number of benzene rings is 2. The van der Waals surface area contributed by atoms with Crippen molar-refractivity contribution in [1.29, 1.82) is 0 Å². The van der Waals surface area contributed by atoms with E-state index in [-0.39, 0.29) is 18.2 Å². The van der Waals surface area contributed by atoms with Crippen LogP contribution in [0, 0.1) is 17.7 Å². The van der Waals surface area contributed by atoms with Crippen molar-refractivity contribution >= 4 is 5.97 Å². The van der Waals surface area contributed by atoms with Gasteiger partial charge in [0.25, 0.3) is 0 Å². The third-order valence-corrected chi connectivity index (χ3v) is 6.87. The monoisotopic (exact) mass is 480 g/mol. The Balaban J connectivity index is 1.61. The van der Waals surface area contributed by atoms with Crippen molar-refractivity contribution in [3.63, 3.8) is 0 Å². The van der Waals surface area contributed by atoms with Crippen molar-refractivity contribution in [3.05, 3.63) is 60.0 Å². The number of hydrogen-bond acceptors (Lipinski definition) is 4. The van der Waals surface area contributed by atoms with E-state index < -0.39 is 5.97 Å². The van der Waals surface area contributed by atoms with Crippen LogP contribution in [0.3, 0.4) is 0 Å². The largest absolute Gasteiger partial charge is 0.494 e. The molecule has 0 saturated heterocycles. The molecule has 1 saturated carbocycles. The zero-order valence-electron chi connectivity index (χ0n) is 20.4. The first-order valence-electron chi connectivity index (χ1n) is 12.3. The molecule has 1 fully saturated rings. The summed E-state index contributed by atoms with van der Waals surface area (Å²) in [6, 6.07) is 15.2. The molecule has 0 radical (unpaired) electrons. The highest BCUT2D eigenvalue weighted by atomic mass is 19.1. The number of aromatic nitrogens is 2. The lowest BCUT2D eigenvalue weighted by molar-refractivity contribution is -0.142. The van der Waals surface area contributed by atoms with Crippen LogP contribution in [-0.4, -0.2) is 41.2 Å². The summed E-state index contributed by atoms with van der Waals surface area (Å²) >= 11 is 0. The van der Waals surface area contributed by atoms with E-state index in [0.717, 1.165) is 61.2 Å². The number of rotatable bonds is 10. The molecule has 1 heterocycles. The van der Waals surface area contributed by atoms with Gasteiger partial charge in [0.2, 0.25) is 0 Å². The van der Waals surface area contributed by atoms with E-state index >= 15 is 4.39 Å². The van der Waals surface area contributed by atoms with Crippen LogP contribution in [0.1, 0.15) is 38.3 Å². The lowest BCUT2D eigenvalue weighted by Gasteiger charge is -2.28. The predicted molar refractivity (Wildman–Crippen MR) is 133 cm³/mol. The highest BCUT2D eigenvalue weighted by Crippen LogP contribution is 2.39. The molecule has 3 aromatic rings. The van der Waals surface area contributed by atoms with Crippen molar-refractivity contribution in [3.8, 4) is 28.1 Å². The summed E-state index contributed by atoms with van der Waals surface area (Å²) in [7, 11) is 1.48. The van der Waals surface area contributed by atoms with E-state index in [4.69, 9.17) is 19.7 Å². The molecule has 6 nitrogen and oxygen atoms in total. The van der Waals surface area contributed by atoms with Crippen molar-refractivity contribution in [2.45, 2.75) is 45.6 Å². The maximum Gasteiger partial charge on any atom is 0.329 e. The van der Waals surface area contributed by atoms with Gasteiger partial charge >= 0.3 is 5.97 Å². The molecule has 4 rings (SSSR count). The second-order valence-corrected chi connectivity index (χ2v) is 9.19. The smallest absolute Gasteiger partial charge is 0.329 e. The number of methoxy groups -OCH3 is 1. The van der Waals surface area contributed by atoms with Gasteiger partial charge in [0, 0.05) is 28.9 Å². The molecule has 0 spiro atoms. The normalized spacial score (nSPS) is 17.9. The van der Waals surface area contributed by atoms with Crippen LogP contribution in [-0.2, 0) is 22.5 Å². The SMILES string of the molecule is CCc1c(-c2cccc(OC)c2F)c(-c2ccccc2)nn1C[C@H]1CC[C@@H](COCC(=O)O)CC1. The first kappa shape index (κ1) is 24.9. The van der Waals surface area contributed by atoms with E-state index in [0.29, 0.717) is 24.0 Å². The lowest BCUT2D eigenvalue weighted by atomic mass is 9.82. The van der Waals surface area contributed by atoms with Gasteiger partial charge in [0.15, 0.2) is 11.6 Å². The maximum absolute atomic E-state index is 15.4. The van der Waals surface area contributed by atoms with E-state index in [1.165, 1.54) is 7.11 Å². The fraction of sp³-hybridized carbons (Fsp3) is 0.429. The van der Waals surface area contributed by atoms with Gasteiger partial charge in [-0.3, -0.25) is 4.68 Å². The number of halogens is 1. The van der Waals surface area contributed by atoms with Gasteiger partial charge in [-0.05, 0) is 50.0 Å². The Bertz CT molecular complexity index is 1140. The molecule has 7 heteroatoms. The molecule has 0 atom stereocenters. The number of carboxylic acids is 1. The van der Waals surface area contributed by atoms with Crippen molar-refractivity contribution in [2.24, 2.45) is 11.8 Å². The Labute approximate surface area is 205 Å². The molecule has 186 valence electrons. The number of aliphatic carboxylic acids is 1. The third kappa shape index (κ3) is 5.73. The Morgan fingerprint density at radius 2 is 1.80 bits per heavy atom. The molecule has 0 aliphatic heterocycles. The standard InChI is InChI=1S/C28H33FN2O4/c1-3-23-26(22-10-7-11-24(34-2)27(22)29)28(21-8-5-4-6-9-21)30-31(23)16-19-12-14-20(15-13-19)17-35-18-25(32)33/h4-11,19-20H,3,12-18H2,1-2H3,(H,32,33)/t19-,20+. The molecule has 0 bridgehead atoms. The summed E-state index contributed by atoms with van der Waals surface area (Å²) in [5, 5.41) is 13.8. The molecule has 1 aromatic heterocycles. The Kier molecular flexibility index (Phi) is 8.18. The predicted octanol–water partition coefficient (Wildman–Crippen LogP) is 5.83. The van der Waals surface area contributed by atoms with Crippen LogP contribution in [0.2, 0.25) is 0 Å². The van der Waals surface area contributed by atoms with Crippen LogP contribution >= 0.6 is 0 Å². The van der Waals surface area contributed by atoms with E-state index in [1.54, 1.807) is 12.1 Å². The highest BCUT2D eigenvalue weighted by Gasteiger charge is 2.27. The lowest BCUT2D eigenvalue weighted by Crippen LogP contribution is -2.23. The summed E-state index contributed by atoms with van der Waals surface area (Å²) in [5.74, 6) is -0.220. The average Bonchev–Trinajstić information content (AvgIpc) is 3.23. The topological polar surface area (TPSA) is 73.6 Å². The zero-order chi connectivity index (χ0) is 24.8. The van der Waals surface area contributed by atoms with Crippen LogP contribution < -0.4 is 4.74 Å². The molecular weight excluding hydrogens is 447 g/mol. The Hall–Kier alpha value is -3.19. The van der Waals surface area contributed by atoms with Crippen LogP contribution in [0.15, 0.2) is 48.5 Å². The van der Waals surface area contributed by atoms with E-state index in [2.05, 4.69) is 11.6 Å². The quantitative estimate of drug-likeness (QED) is 0.395. The van der Waals surface area contributed by atoms with Crippen LogP contribution in [0.5, 0.6) is 5.75 Å². The minimum atomic E-state index is -0.929. The highest BCUT2D eigenvalue weighted by molar-refractivity contribution is 5.83. The first-order valence-corrected chi connectivity index (χ1v) is 12.3. The van der Waals surface area contributed by atoms with Gasteiger partial charge in [0.1, 0.15) is 12.3 Å². The van der Waals surface area contributed by atoms with Crippen LogP contribution in [0.4, 0.5) is 4.39 Å². The second kappa shape index (κ2) is 11.5. The fourth-order valence-corrected chi connectivity index (χ4v) is 5.09. The van der Waals surface area contributed by atoms with Gasteiger partial charge in [-0.2, -0.15) is 5.10 Å². The zero-order valence-corrected chi connectivity index (χ0v) is 20.4. The molecule has 1 N–H and O–H groups in total. The van der Waals surface area contributed by atoms with E-state index in [9.17, 15) is 4.79 Å². The first-order chi connectivity index (χ1) is 17.0. The molecule has 0 unspecified atom stereocenters. The summed E-state index contributed by atoms with van der Waals surface area (Å²) < 4.78 is 28.1. The number of carbonyl (C=O) groups is 1. The maximum atomic E-state index is 15.4. The van der Waals surface area contributed by atoms with Gasteiger partial charge in [-0.1, -0.05) is 49.4 Å². The summed E-state index contributed by atoms with van der Waals surface area (Å²) in [6.07, 6.45) is 4.82. The van der Waals surface area contributed by atoms with Gasteiger partial charge in [-0.15, -0.1) is 0 Å². The van der Waals surface area contributed by atoms with Crippen molar-refractivity contribution < 1.29 is 23.8 Å². The minimum Gasteiger partial charge on any atom is -0.494 e. The van der Waals surface area contributed by atoms with Crippen molar-refractivity contribution in [1.82, 2.24) is 9.78 Å². The third-order valence-electron chi connectivity index (χ3n) is 6.87. The number of nitrogens with zero attached hydrogens (tertiary/aromatic N) is 2. The molecule has 35 heavy (non-hydrogen) atoms. The molecule has 2 aromatic carbocycles. The van der Waals surface area contributed by atoms with Gasteiger partial charge in [-0.25, -0.2) is 9.18 Å². The molecular formula is C28H33FN2O4. The van der Waals surface area contributed by atoms with Gasteiger partial charge < -0.3 is 14.6 Å². The number of carboxylic acid groups (broad SMARTS) is 1. The molecule has 1 aliphatic carbocycles. The van der Waals surface area contributed by atoms with Gasteiger partial charge in [0.05, 0.1) is 13.7 Å². The second-order valence-electron chi connectivity index (χ2n) is 9.19. The number of ether oxygens (including phenoxy) is 2. The summed E-state index contributed by atoms with van der Waals surface area (Å²) in [4.78, 5) is 10.7. The number of hydrogen-bond donors (Lipinski definition) is 1. The average molecular weight is 481 g/mol. The minimum absolute atomic E-state index is 0.222. The molecule has 0 amide bonds. The molecule has 1 aliphatic rings. The summed E-state index contributed by atoms with van der Waals surface area (Å²) in [5.41, 5.74) is 4.09.